The van der Waals surface area contributed by atoms with Crippen LogP contribution in [0.15, 0.2) is 24.3 Å². The zero-order valence-corrected chi connectivity index (χ0v) is 10.7. The maximum atomic E-state index is 2.42. The molecule has 0 saturated carbocycles. The smallest absolute Gasteiger partial charge is 0.0630 e. The number of hydrogen-bond donors (Lipinski definition) is 0. The Morgan fingerprint density at radius 1 is 1.14 bits per heavy atom. The van der Waals surface area contributed by atoms with Crippen LogP contribution in [0.2, 0.25) is 11.1 Å². The summed E-state index contributed by atoms with van der Waals surface area (Å²) in [7, 11) is -0.712. The van der Waals surface area contributed by atoms with Crippen LogP contribution in [0.1, 0.15) is 32.8 Å². The van der Waals surface area contributed by atoms with Crippen LogP contribution >= 0.6 is 0 Å². The zero-order valence-electron chi connectivity index (χ0n) is 9.51. The molecule has 0 saturated heterocycles. The first-order chi connectivity index (χ1) is 6.59. The molecule has 0 fully saturated rings. The molecule has 2 rings (SSSR count). The monoisotopic (exact) mass is 204 g/mol. The van der Waals surface area contributed by atoms with Crippen molar-refractivity contribution in [2.24, 2.45) is 0 Å². The van der Waals surface area contributed by atoms with Gasteiger partial charge in [0.2, 0.25) is 0 Å². The third kappa shape index (κ3) is 1.78. The van der Waals surface area contributed by atoms with Crippen LogP contribution in [0, 0.1) is 0 Å². The number of aryl methyl sites for hydroxylation is 1. The van der Waals surface area contributed by atoms with E-state index in [0.29, 0.717) is 5.04 Å². The lowest BCUT2D eigenvalue weighted by atomic mass is 10.1. The Bertz CT molecular complexity index is 322. The van der Waals surface area contributed by atoms with Crippen LogP contribution in [0.3, 0.4) is 0 Å². The standard InChI is InChI=1S/C13H20Si/c1-13(2,3)14-10-6-8-11-7-4-5-9-12(11)14/h4-5,7,9,14H,6,8,10H2,1-3H3/t14-/m0/s1. The Hall–Kier alpha value is -0.563. The Labute approximate surface area is 89.0 Å². The Morgan fingerprint density at radius 3 is 2.57 bits per heavy atom. The molecule has 0 bridgehead atoms. The molecular weight excluding hydrogens is 184 g/mol. The van der Waals surface area contributed by atoms with E-state index < -0.39 is 8.80 Å². The van der Waals surface area contributed by atoms with Crippen molar-refractivity contribution in [3.05, 3.63) is 29.8 Å². The van der Waals surface area contributed by atoms with E-state index in [1.807, 2.05) is 0 Å². The van der Waals surface area contributed by atoms with Gasteiger partial charge in [-0.1, -0.05) is 62.7 Å². The Kier molecular flexibility index (Phi) is 2.52. The predicted molar refractivity (Wildman–Crippen MR) is 66.1 cm³/mol. The minimum Gasteiger partial charge on any atom is -0.0630 e. The van der Waals surface area contributed by atoms with Gasteiger partial charge in [-0.25, -0.2) is 0 Å². The zero-order chi connectivity index (χ0) is 10.2. The first-order valence-corrected chi connectivity index (χ1v) is 7.64. The molecule has 0 aliphatic carbocycles. The van der Waals surface area contributed by atoms with Crippen LogP contribution in [0.5, 0.6) is 0 Å². The minimum absolute atomic E-state index is 0.552. The number of hydrogen-bond acceptors (Lipinski definition) is 0. The van der Waals surface area contributed by atoms with E-state index >= 15 is 0 Å². The number of benzene rings is 1. The number of rotatable bonds is 0. The molecule has 0 N–H and O–H groups in total. The van der Waals surface area contributed by atoms with Gasteiger partial charge in [0.05, 0.1) is 8.80 Å². The van der Waals surface area contributed by atoms with E-state index in [1.165, 1.54) is 18.9 Å². The molecule has 0 radical (unpaired) electrons. The van der Waals surface area contributed by atoms with Crippen molar-refractivity contribution in [3.8, 4) is 0 Å². The Morgan fingerprint density at radius 2 is 1.86 bits per heavy atom. The first kappa shape index (κ1) is 9.97. The first-order valence-electron chi connectivity index (χ1n) is 5.67. The largest absolute Gasteiger partial charge is 0.0765 e. The van der Waals surface area contributed by atoms with Gasteiger partial charge in [-0.3, -0.25) is 0 Å². The van der Waals surface area contributed by atoms with Crippen molar-refractivity contribution in [3.63, 3.8) is 0 Å². The highest BCUT2D eigenvalue weighted by atomic mass is 28.3. The van der Waals surface area contributed by atoms with Gasteiger partial charge in [-0.15, -0.1) is 0 Å². The van der Waals surface area contributed by atoms with E-state index in [9.17, 15) is 0 Å². The van der Waals surface area contributed by atoms with Crippen molar-refractivity contribution in [2.75, 3.05) is 0 Å². The molecule has 1 atom stereocenters. The summed E-state index contributed by atoms with van der Waals surface area (Å²) in [5, 5.41) is 2.29. The molecule has 1 aliphatic heterocycles. The molecule has 0 amide bonds. The second-order valence-corrected chi connectivity index (χ2v) is 9.55. The summed E-state index contributed by atoms with van der Waals surface area (Å²) < 4.78 is 0. The fourth-order valence-electron chi connectivity index (χ4n) is 2.65. The van der Waals surface area contributed by atoms with Gasteiger partial charge >= 0.3 is 0 Å². The predicted octanol–water partition coefficient (Wildman–Crippen LogP) is 2.87. The van der Waals surface area contributed by atoms with E-state index in [0.717, 1.165) is 0 Å². The summed E-state index contributed by atoms with van der Waals surface area (Å²) >= 11 is 0. The summed E-state index contributed by atoms with van der Waals surface area (Å²) in [5.41, 5.74) is 1.64. The molecule has 1 heterocycles. The lowest BCUT2D eigenvalue weighted by Crippen LogP contribution is -2.43. The number of fused-ring (bicyclic) bond motifs is 1. The highest BCUT2D eigenvalue weighted by Crippen LogP contribution is 2.32. The summed E-state index contributed by atoms with van der Waals surface area (Å²) in [4.78, 5) is 0. The van der Waals surface area contributed by atoms with Crippen molar-refractivity contribution < 1.29 is 0 Å². The summed E-state index contributed by atoms with van der Waals surface area (Å²) in [6.07, 6.45) is 2.74. The van der Waals surface area contributed by atoms with Crippen molar-refractivity contribution in [1.82, 2.24) is 0 Å². The van der Waals surface area contributed by atoms with E-state index in [1.54, 1.807) is 10.8 Å². The van der Waals surface area contributed by atoms with Crippen molar-refractivity contribution in [1.29, 1.82) is 0 Å². The summed E-state index contributed by atoms with van der Waals surface area (Å²) in [5.74, 6) is 0. The molecule has 76 valence electrons. The minimum atomic E-state index is -0.712. The van der Waals surface area contributed by atoms with Gasteiger partial charge in [0.25, 0.3) is 0 Å². The van der Waals surface area contributed by atoms with Gasteiger partial charge < -0.3 is 0 Å². The molecule has 1 heteroatoms. The van der Waals surface area contributed by atoms with Gasteiger partial charge in [0, 0.05) is 0 Å². The van der Waals surface area contributed by atoms with Crippen LogP contribution in [0.25, 0.3) is 0 Å². The second kappa shape index (κ2) is 3.54. The van der Waals surface area contributed by atoms with Crippen LogP contribution in [-0.4, -0.2) is 8.80 Å². The van der Waals surface area contributed by atoms with Crippen LogP contribution in [-0.2, 0) is 6.42 Å². The van der Waals surface area contributed by atoms with Crippen molar-refractivity contribution in [2.45, 2.75) is 44.7 Å². The molecule has 0 nitrogen and oxygen atoms in total. The molecule has 1 aliphatic rings. The lowest BCUT2D eigenvalue weighted by molar-refractivity contribution is 0.722. The van der Waals surface area contributed by atoms with E-state index in [4.69, 9.17) is 0 Å². The molecule has 0 spiro atoms. The van der Waals surface area contributed by atoms with Gasteiger partial charge in [0.1, 0.15) is 0 Å². The second-order valence-electron chi connectivity index (χ2n) is 5.51. The third-order valence-electron chi connectivity index (χ3n) is 3.41. The fourth-order valence-corrected chi connectivity index (χ4v) is 6.41. The van der Waals surface area contributed by atoms with Gasteiger partial charge in [0.15, 0.2) is 0 Å². The lowest BCUT2D eigenvalue weighted by Gasteiger charge is -2.34. The van der Waals surface area contributed by atoms with Gasteiger partial charge in [-0.2, -0.15) is 0 Å². The maximum absolute atomic E-state index is 2.42. The molecular formula is C13H20Si. The van der Waals surface area contributed by atoms with Crippen LogP contribution < -0.4 is 5.19 Å². The van der Waals surface area contributed by atoms with E-state index in [2.05, 4.69) is 45.0 Å². The fraction of sp³-hybridized carbons (Fsp3) is 0.538. The average Bonchev–Trinajstić information content (AvgIpc) is 2.15. The molecule has 1 aromatic carbocycles. The normalized spacial score (nSPS) is 21.8. The molecule has 1 aromatic rings. The van der Waals surface area contributed by atoms with Crippen molar-refractivity contribution >= 4 is 14.0 Å². The third-order valence-corrected chi connectivity index (χ3v) is 7.81. The quantitative estimate of drug-likeness (QED) is 0.570. The van der Waals surface area contributed by atoms with Crippen LogP contribution in [0.4, 0.5) is 0 Å². The molecule has 0 unspecified atom stereocenters. The SMILES string of the molecule is CC(C)(C)[Si@H]1CCCc2ccccc21. The molecule has 14 heavy (non-hydrogen) atoms. The summed E-state index contributed by atoms with van der Waals surface area (Å²) in [6, 6.07) is 10.6. The Balaban J connectivity index is 2.41. The average molecular weight is 204 g/mol. The highest BCUT2D eigenvalue weighted by molar-refractivity contribution is 6.76. The molecule has 0 aromatic heterocycles. The maximum Gasteiger partial charge on any atom is 0.0765 e. The highest BCUT2D eigenvalue weighted by Gasteiger charge is 2.31. The summed E-state index contributed by atoms with van der Waals surface area (Å²) in [6.45, 7) is 7.27. The topological polar surface area (TPSA) is 0 Å². The van der Waals surface area contributed by atoms with E-state index in [-0.39, 0.29) is 0 Å². The van der Waals surface area contributed by atoms with Gasteiger partial charge in [-0.05, 0) is 17.0 Å².